The van der Waals surface area contributed by atoms with Crippen molar-refractivity contribution in [1.29, 1.82) is 0 Å². The zero-order valence-corrected chi connectivity index (χ0v) is 19.2. The maximum absolute atomic E-state index is 10.3. The molecule has 0 aromatic heterocycles. The number of unbranched alkanes of at least 4 members (excludes halogenated alkanes) is 11. The number of aliphatic carboxylic acids is 1. The molecular weight excluding hydrogens is 371 g/mol. The van der Waals surface area contributed by atoms with Crippen LogP contribution in [0.25, 0.3) is 0 Å². The van der Waals surface area contributed by atoms with E-state index in [1.807, 2.05) is 0 Å². The third-order valence-corrected chi connectivity index (χ3v) is 4.67. The summed E-state index contributed by atoms with van der Waals surface area (Å²) in [6.07, 6.45) is 21.2. The Balaban J connectivity index is -0.000000598. The topological polar surface area (TPSA) is 74.6 Å². The fourth-order valence-electron chi connectivity index (χ4n) is 2.93. The van der Waals surface area contributed by atoms with Crippen LogP contribution >= 0.6 is 0 Å². The quantitative estimate of drug-likeness (QED) is 0.236. The molecule has 0 heterocycles. The van der Waals surface area contributed by atoms with Crippen LogP contribution in [0, 0.1) is 0 Å². The van der Waals surface area contributed by atoms with E-state index in [1.165, 1.54) is 70.6 Å². The second kappa shape index (κ2) is 23.8. The molecule has 0 aliphatic carbocycles. The van der Waals surface area contributed by atoms with Gasteiger partial charge in [-0.2, -0.15) is 0 Å². The summed E-state index contributed by atoms with van der Waals surface area (Å²) >= 11 is 0. The van der Waals surface area contributed by atoms with Gasteiger partial charge in [0.2, 0.25) is 0 Å². The average Bonchev–Trinajstić information content (AvgIpc) is 2.72. The molecule has 0 unspecified atom stereocenters. The molecule has 1 rings (SSSR count). The van der Waals surface area contributed by atoms with Crippen LogP contribution in [0.4, 0.5) is 0 Å². The zero-order chi connectivity index (χ0) is 21.6. The van der Waals surface area contributed by atoms with Gasteiger partial charge in [0, 0.05) is 6.42 Å². The molecular formula is C25H41LiO4. The summed E-state index contributed by atoms with van der Waals surface area (Å²) in [6, 6.07) is 8.30. The number of benzene rings is 1. The van der Waals surface area contributed by atoms with Crippen LogP contribution in [-0.4, -0.2) is 22.2 Å². The van der Waals surface area contributed by atoms with Crippen molar-refractivity contribution in [3.05, 3.63) is 48.0 Å². The van der Waals surface area contributed by atoms with E-state index in [0.29, 0.717) is 12.0 Å². The van der Waals surface area contributed by atoms with Crippen LogP contribution in [-0.2, 0) is 4.79 Å². The number of hydrogen-bond acceptors (Lipinski definition) is 2. The predicted molar refractivity (Wildman–Crippen MR) is 122 cm³/mol. The van der Waals surface area contributed by atoms with Crippen molar-refractivity contribution in [2.75, 3.05) is 0 Å². The molecule has 0 atom stereocenters. The largest absolute Gasteiger partial charge is 1.00 e. The molecule has 1 aromatic rings. The third kappa shape index (κ3) is 22.8. The van der Waals surface area contributed by atoms with E-state index in [2.05, 4.69) is 19.1 Å². The molecule has 0 amide bonds. The van der Waals surface area contributed by atoms with Crippen molar-refractivity contribution < 1.29 is 40.1 Å². The average molecular weight is 413 g/mol. The van der Waals surface area contributed by atoms with Crippen LogP contribution in [0.3, 0.4) is 0 Å². The van der Waals surface area contributed by atoms with E-state index in [-0.39, 0.29) is 20.3 Å². The van der Waals surface area contributed by atoms with Gasteiger partial charge in [0.25, 0.3) is 0 Å². The standard InChI is InChI=1S/C18H34O2.C7H6O2.Li.H/c1-2-3-4-5-6-7-8-9-10-11-12-13-14-15-16-17-18(19)20;8-7(9)6-4-2-1-3-5-6;;/h9-10H,2-8,11-17H2,1H3,(H,19,20);1-5H,(H,8,9);;/q;;+1;-1/b10-9-;;;. The Hall–Kier alpha value is -1.50. The van der Waals surface area contributed by atoms with E-state index in [0.717, 1.165) is 12.8 Å². The van der Waals surface area contributed by atoms with Gasteiger partial charge in [0.15, 0.2) is 0 Å². The predicted octanol–water partition coefficient (Wildman–Crippen LogP) is 4.61. The summed E-state index contributed by atoms with van der Waals surface area (Å²) in [5.41, 5.74) is 0.331. The number of carboxylic acids is 2. The Morgan fingerprint density at radius 3 is 1.67 bits per heavy atom. The summed E-state index contributed by atoms with van der Waals surface area (Å²) in [4.78, 5) is 20.5. The van der Waals surface area contributed by atoms with Crippen LogP contribution in [0.15, 0.2) is 42.5 Å². The first-order valence-electron chi connectivity index (χ1n) is 11.2. The Bertz CT molecular complexity index is 550. The van der Waals surface area contributed by atoms with Crippen molar-refractivity contribution in [1.82, 2.24) is 0 Å². The van der Waals surface area contributed by atoms with E-state index < -0.39 is 11.9 Å². The molecule has 0 bridgehead atoms. The van der Waals surface area contributed by atoms with Gasteiger partial charge in [-0.1, -0.05) is 88.6 Å². The maximum atomic E-state index is 10.3. The van der Waals surface area contributed by atoms with Crippen molar-refractivity contribution in [3.8, 4) is 0 Å². The van der Waals surface area contributed by atoms with Gasteiger partial charge in [-0.05, 0) is 44.2 Å². The first-order chi connectivity index (χ1) is 14.1. The molecule has 0 spiro atoms. The fraction of sp³-hybridized carbons (Fsp3) is 0.600. The van der Waals surface area contributed by atoms with Gasteiger partial charge in [-0.3, -0.25) is 4.79 Å². The van der Waals surface area contributed by atoms with Crippen LogP contribution < -0.4 is 18.9 Å². The number of allylic oxidation sites excluding steroid dienone is 2. The van der Waals surface area contributed by atoms with E-state index >= 15 is 0 Å². The van der Waals surface area contributed by atoms with Gasteiger partial charge in [-0.25, -0.2) is 4.79 Å². The molecule has 0 saturated heterocycles. The summed E-state index contributed by atoms with van der Waals surface area (Å²) in [7, 11) is 0. The van der Waals surface area contributed by atoms with Gasteiger partial charge in [-0.15, -0.1) is 0 Å². The fourth-order valence-corrected chi connectivity index (χ4v) is 2.93. The second-order valence-corrected chi connectivity index (χ2v) is 7.40. The second-order valence-electron chi connectivity index (χ2n) is 7.40. The molecule has 1 aromatic carbocycles. The summed E-state index contributed by atoms with van der Waals surface area (Å²) < 4.78 is 0. The smallest absolute Gasteiger partial charge is 1.00 e. The first kappa shape index (κ1) is 30.7. The molecule has 0 saturated carbocycles. The van der Waals surface area contributed by atoms with Gasteiger partial charge in [0.05, 0.1) is 5.56 Å². The minimum Gasteiger partial charge on any atom is -1.00 e. The minimum absolute atomic E-state index is 0. The molecule has 0 aliphatic rings. The molecule has 0 fully saturated rings. The number of rotatable bonds is 16. The van der Waals surface area contributed by atoms with E-state index in [4.69, 9.17) is 10.2 Å². The van der Waals surface area contributed by atoms with E-state index in [1.54, 1.807) is 30.3 Å². The van der Waals surface area contributed by atoms with Gasteiger partial charge < -0.3 is 11.6 Å². The zero-order valence-electron chi connectivity index (χ0n) is 20.2. The SMILES string of the molecule is CCCCCCCC/C=C\CCCCCCCC(=O)O.O=C(O)c1ccccc1.[H-].[Li+]. The Morgan fingerprint density at radius 2 is 1.23 bits per heavy atom. The molecule has 2 N–H and O–H groups in total. The molecule has 4 nitrogen and oxygen atoms in total. The van der Waals surface area contributed by atoms with Crippen molar-refractivity contribution in [3.63, 3.8) is 0 Å². The molecule has 0 aliphatic heterocycles. The van der Waals surface area contributed by atoms with Crippen molar-refractivity contribution >= 4 is 11.9 Å². The van der Waals surface area contributed by atoms with Crippen LogP contribution in [0.1, 0.15) is 109 Å². The normalized spacial score (nSPS) is 10.2. The van der Waals surface area contributed by atoms with E-state index in [9.17, 15) is 9.59 Å². The van der Waals surface area contributed by atoms with Crippen LogP contribution in [0.2, 0.25) is 0 Å². The summed E-state index contributed by atoms with van der Waals surface area (Å²) in [5.74, 6) is -1.54. The first-order valence-corrected chi connectivity index (χ1v) is 11.2. The number of carbonyl (C=O) groups is 2. The number of aromatic carboxylic acids is 1. The molecule has 30 heavy (non-hydrogen) atoms. The molecule has 0 radical (unpaired) electrons. The number of hydrogen-bond donors (Lipinski definition) is 2. The van der Waals surface area contributed by atoms with Gasteiger partial charge in [0.1, 0.15) is 0 Å². The molecule has 5 heteroatoms. The Kier molecular flexibility index (Phi) is 24.3. The maximum Gasteiger partial charge on any atom is 1.00 e. The van der Waals surface area contributed by atoms with Crippen molar-refractivity contribution in [2.45, 2.75) is 96.8 Å². The Morgan fingerprint density at radius 1 is 0.767 bits per heavy atom. The molecule has 166 valence electrons. The van der Waals surface area contributed by atoms with Crippen LogP contribution in [0.5, 0.6) is 0 Å². The summed E-state index contributed by atoms with van der Waals surface area (Å²) in [5, 5.41) is 16.9. The van der Waals surface area contributed by atoms with Crippen molar-refractivity contribution in [2.24, 2.45) is 0 Å². The monoisotopic (exact) mass is 412 g/mol. The Labute approximate surface area is 196 Å². The number of carboxylic acid groups (broad SMARTS) is 2. The summed E-state index contributed by atoms with van der Waals surface area (Å²) in [6.45, 7) is 2.26. The minimum atomic E-state index is -0.879. The van der Waals surface area contributed by atoms with Gasteiger partial charge >= 0.3 is 30.8 Å². The third-order valence-electron chi connectivity index (χ3n) is 4.67.